The normalized spacial score (nSPS) is 11.2. The van der Waals surface area contributed by atoms with E-state index in [4.69, 9.17) is 4.42 Å². The highest BCUT2D eigenvalue weighted by atomic mass is 32.2. The summed E-state index contributed by atoms with van der Waals surface area (Å²) < 4.78 is 19.6. The van der Waals surface area contributed by atoms with E-state index in [9.17, 15) is 4.39 Å². The zero-order valence-electron chi connectivity index (χ0n) is 14.2. The zero-order chi connectivity index (χ0) is 18.9. The van der Waals surface area contributed by atoms with Gasteiger partial charge in [0.1, 0.15) is 22.0 Å². The molecule has 0 spiro atoms. The maximum atomic E-state index is 13.9. The van der Waals surface area contributed by atoms with Crippen molar-refractivity contribution in [3.8, 4) is 21.9 Å². The van der Waals surface area contributed by atoms with Gasteiger partial charge in [0, 0.05) is 10.3 Å². The number of nitrogens with zero attached hydrogens (tertiary/aromatic N) is 4. The largest absolute Gasteiger partial charge is 0.411 e. The summed E-state index contributed by atoms with van der Waals surface area (Å²) in [6.07, 6.45) is 1.52. The molecule has 5 rings (SSSR count). The van der Waals surface area contributed by atoms with Crippen molar-refractivity contribution >= 4 is 33.3 Å². The second-order valence-electron chi connectivity index (χ2n) is 5.83. The molecule has 0 aliphatic heterocycles. The molecule has 0 radical (unpaired) electrons. The molecule has 8 heteroatoms. The van der Waals surface area contributed by atoms with Crippen LogP contribution in [-0.4, -0.2) is 20.2 Å². The highest BCUT2D eigenvalue weighted by Crippen LogP contribution is 2.38. The van der Waals surface area contributed by atoms with Crippen LogP contribution in [-0.2, 0) is 0 Å². The average molecular weight is 406 g/mol. The van der Waals surface area contributed by atoms with Gasteiger partial charge in [-0.2, -0.15) is 0 Å². The van der Waals surface area contributed by atoms with Gasteiger partial charge in [0.15, 0.2) is 0 Å². The third-order valence-electron chi connectivity index (χ3n) is 4.05. The van der Waals surface area contributed by atoms with Gasteiger partial charge in [-0.05, 0) is 35.5 Å². The number of aromatic nitrogens is 4. The molecule has 0 N–H and O–H groups in total. The fraction of sp³-hybridized carbons (Fsp3) is 0. The molecule has 3 heterocycles. The predicted octanol–water partition coefficient (Wildman–Crippen LogP) is 5.70. The summed E-state index contributed by atoms with van der Waals surface area (Å²) in [5.74, 6) is -0.265. The molecule has 0 bridgehead atoms. The quantitative estimate of drug-likeness (QED) is 0.357. The summed E-state index contributed by atoms with van der Waals surface area (Å²) in [6.45, 7) is 0. The highest BCUT2D eigenvalue weighted by Gasteiger charge is 2.16. The van der Waals surface area contributed by atoms with E-state index < -0.39 is 5.82 Å². The minimum Gasteiger partial charge on any atom is -0.411 e. The highest BCUT2D eigenvalue weighted by molar-refractivity contribution is 7.99. The maximum Gasteiger partial charge on any atom is 0.283 e. The Morgan fingerprint density at radius 3 is 2.61 bits per heavy atom. The molecule has 136 valence electrons. The third kappa shape index (κ3) is 3.17. The Balaban J connectivity index is 1.49. The number of halogens is 1. The number of hydrogen-bond donors (Lipinski definition) is 0. The average Bonchev–Trinajstić information content (AvgIpc) is 3.37. The predicted molar refractivity (Wildman–Crippen MR) is 107 cm³/mol. The molecule has 2 aromatic carbocycles. The van der Waals surface area contributed by atoms with Gasteiger partial charge in [-0.25, -0.2) is 14.4 Å². The van der Waals surface area contributed by atoms with Crippen molar-refractivity contribution in [1.29, 1.82) is 0 Å². The molecule has 0 aliphatic carbocycles. The first-order chi connectivity index (χ1) is 13.8. The Morgan fingerprint density at radius 2 is 1.75 bits per heavy atom. The monoisotopic (exact) mass is 406 g/mol. The van der Waals surface area contributed by atoms with Crippen LogP contribution in [0.2, 0.25) is 0 Å². The van der Waals surface area contributed by atoms with Gasteiger partial charge in [-0.3, -0.25) is 0 Å². The van der Waals surface area contributed by atoms with E-state index >= 15 is 0 Å². The van der Waals surface area contributed by atoms with Gasteiger partial charge in [-0.15, -0.1) is 21.5 Å². The smallest absolute Gasteiger partial charge is 0.283 e. The van der Waals surface area contributed by atoms with E-state index in [0.29, 0.717) is 10.2 Å². The first kappa shape index (κ1) is 17.0. The first-order valence-corrected chi connectivity index (χ1v) is 9.97. The lowest BCUT2D eigenvalue weighted by atomic mass is 10.2. The van der Waals surface area contributed by atoms with E-state index in [-0.39, 0.29) is 11.5 Å². The molecule has 0 aliphatic rings. The SMILES string of the molecule is Fc1ccccc1-c1nnc(Sc2ncnc3sc(-c4ccccc4)cc23)o1. The van der Waals surface area contributed by atoms with Gasteiger partial charge in [0.05, 0.1) is 5.56 Å². The molecule has 0 saturated carbocycles. The lowest BCUT2D eigenvalue weighted by Crippen LogP contribution is -1.83. The number of thiophene rings is 1. The Labute approximate surface area is 167 Å². The molecular weight excluding hydrogens is 395 g/mol. The van der Waals surface area contributed by atoms with Crippen LogP contribution in [0, 0.1) is 5.82 Å². The van der Waals surface area contributed by atoms with Crippen LogP contribution >= 0.6 is 23.1 Å². The molecule has 28 heavy (non-hydrogen) atoms. The summed E-state index contributed by atoms with van der Waals surface area (Å²) in [5.41, 5.74) is 1.40. The van der Waals surface area contributed by atoms with Crippen molar-refractivity contribution in [2.24, 2.45) is 0 Å². The summed E-state index contributed by atoms with van der Waals surface area (Å²) in [6, 6.07) is 18.5. The standard InChI is InChI=1S/C20H11FN4OS2/c21-15-9-5-4-8-13(15)17-24-25-20(26-17)28-19-14-10-16(12-6-2-1-3-7-12)27-18(14)22-11-23-19/h1-11H. The fourth-order valence-corrected chi connectivity index (χ4v) is 4.54. The third-order valence-corrected chi connectivity index (χ3v) is 6.00. The van der Waals surface area contributed by atoms with Crippen molar-refractivity contribution < 1.29 is 8.81 Å². The van der Waals surface area contributed by atoms with Crippen molar-refractivity contribution in [2.45, 2.75) is 10.2 Å². The number of rotatable bonds is 4. The molecular formula is C20H11FN4OS2. The minimum absolute atomic E-state index is 0.140. The second-order valence-corrected chi connectivity index (χ2v) is 7.80. The number of fused-ring (bicyclic) bond motifs is 1. The molecule has 0 amide bonds. The molecule has 0 saturated heterocycles. The Hall–Kier alpha value is -3.10. The summed E-state index contributed by atoms with van der Waals surface area (Å²) in [4.78, 5) is 10.7. The summed E-state index contributed by atoms with van der Waals surface area (Å²) in [5, 5.41) is 9.91. The molecule has 3 aromatic heterocycles. The van der Waals surface area contributed by atoms with Gasteiger partial charge >= 0.3 is 0 Å². The summed E-state index contributed by atoms with van der Waals surface area (Å²) >= 11 is 2.84. The van der Waals surface area contributed by atoms with Crippen LogP contribution in [0.4, 0.5) is 4.39 Å². The van der Waals surface area contributed by atoms with Gasteiger partial charge in [0.2, 0.25) is 0 Å². The maximum absolute atomic E-state index is 13.9. The fourth-order valence-electron chi connectivity index (χ4n) is 2.74. The minimum atomic E-state index is -0.405. The van der Waals surface area contributed by atoms with Gasteiger partial charge in [0.25, 0.3) is 11.1 Å². The van der Waals surface area contributed by atoms with Crippen molar-refractivity contribution in [3.05, 3.63) is 72.8 Å². The Morgan fingerprint density at radius 1 is 0.929 bits per heavy atom. The van der Waals surface area contributed by atoms with Gasteiger partial charge in [-0.1, -0.05) is 42.5 Å². The Kier molecular flexibility index (Phi) is 4.34. The molecule has 0 fully saturated rings. The van der Waals surface area contributed by atoms with E-state index in [0.717, 1.165) is 20.7 Å². The molecule has 0 atom stereocenters. The molecule has 0 unspecified atom stereocenters. The number of benzene rings is 2. The lowest BCUT2D eigenvalue weighted by molar-refractivity contribution is 0.462. The molecule has 5 aromatic rings. The van der Waals surface area contributed by atoms with Crippen molar-refractivity contribution in [3.63, 3.8) is 0 Å². The van der Waals surface area contributed by atoms with E-state index in [1.165, 1.54) is 24.2 Å². The van der Waals surface area contributed by atoms with E-state index in [1.807, 2.05) is 18.2 Å². The van der Waals surface area contributed by atoms with Crippen molar-refractivity contribution in [1.82, 2.24) is 20.2 Å². The lowest BCUT2D eigenvalue weighted by Gasteiger charge is -1.97. The zero-order valence-corrected chi connectivity index (χ0v) is 15.9. The molecule has 5 nitrogen and oxygen atoms in total. The van der Waals surface area contributed by atoms with E-state index in [2.05, 4.69) is 38.4 Å². The number of hydrogen-bond acceptors (Lipinski definition) is 7. The Bertz CT molecular complexity index is 1270. The van der Waals surface area contributed by atoms with Crippen LogP contribution < -0.4 is 0 Å². The van der Waals surface area contributed by atoms with Crippen LogP contribution in [0.3, 0.4) is 0 Å². The van der Waals surface area contributed by atoms with Crippen LogP contribution in [0.5, 0.6) is 0 Å². The first-order valence-electron chi connectivity index (χ1n) is 8.34. The van der Waals surface area contributed by atoms with Gasteiger partial charge < -0.3 is 4.42 Å². The second kappa shape index (κ2) is 7.14. The van der Waals surface area contributed by atoms with Crippen LogP contribution in [0.15, 0.2) is 81.7 Å². The van der Waals surface area contributed by atoms with E-state index in [1.54, 1.807) is 29.5 Å². The van der Waals surface area contributed by atoms with Crippen molar-refractivity contribution in [2.75, 3.05) is 0 Å². The van der Waals surface area contributed by atoms with Crippen LogP contribution in [0.1, 0.15) is 0 Å². The summed E-state index contributed by atoms with van der Waals surface area (Å²) in [7, 11) is 0. The van der Waals surface area contributed by atoms with Crippen LogP contribution in [0.25, 0.3) is 32.1 Å². The topological polar surface area (TPSA) is 64.7 Å².